The fraction of sp³-hybridized carbons (Fsp3) is 0.429. The van der Waals surface area contributed by atoms with Crippen LogP contribution in [0.15, 0.2) is 4.99 Å². The monoisotopic (exact) mass is 215 g/mol. The van der Waals surface area contributed by atoms with Crippen molar-refractivity contribution in [2.45, 2.75) is 0 Å². The third-order valence-electron chi connectivity index (χ3n) is 1.24. The topological polar surface area (TPSA) is 106 Å². The van der Waals surface area contributed by atoms with Gasteiger partial charge in [-0.3, -0.25) is 4.79 Å². The van der Waals surface area contributed by atoms with E-state index >= 15 is 0 Å². The Morgan fingerprint density at radius 1 is 1.64 bits per heavy atom. The van der Waals surface area contributed by atoms with Crippen LogP contribution in [0, 0.1) is 17.2 Å². The molecule has 0 radical (unpaired) electrons. The maximum absolute atomic E-state index is 11.0. The highest BCUT2D eigenvalue weighted by atomic mass is 32.2. The van der Waals surface area contributed by atoms with Gasteiger partial charge in [0.1, 0.15) is 5.04 Å². The molecule has 0 rings (SSSR count). The third-order valence-corrected chi connectivity index (χ3v) is 1.99. The molecule has 2 amide bonds. The van der Waals surface area contributed by atoms with Crippen molar-refractivity contribution in [3.05, 3.63) is 0 Å². The Balaban J connectivity index is 4.91. The zero-order valence-corrected chi connectivity index (χ0v) is 8.50. The minimum absolute atomic E-state index is 0.0341. The lowest BCUT2D eigenvalue weighted by atomic mass is 10.2. The van der Waals surface area contributed by atoms with Gasteiger partial charge in [0.2, 0.25) is 0 Å². The molecule has 6 nitrogen and oxygen atoms in total. The van der Waals surface area contributed by atoms with Crippen molar-refractivity contribution in [1.29, 1.82) is 5.26 Å². The van der Waals surface area contributed by atoms with Gasteiger partial charge in [0, 0.05) is 0 Å². The Bertz CT molecular complexity index is 308. The van der Waals surface area contributed by atoms with E-state index in [9.17, 15) is 9.59 Å². The van der Waals surface area contributed by atoms with E-state index in [1.807, 2.05) is 0 Å². The molecule has 0 saturated carbocycles. The number of thioether (sulfide) groups is 1. The molecule has 1 unspecified atom stereocenters. The number of carbonyl (C=O) groups is 2. The number of nitrogens with two attached hydrogens (primary N) is 1. The van der Waals surface area contributed by atoms with Gasteiger partial charge in [-0.1, -0.05) is 0 Å². The van der Waals surface area contributed by atoms with E-state index < -0.39 is 17.9 Å². The Hall–Kier alpha value is -1.55. The van der Waals surface area contributed by atoms with Crippen LogP contribution in [-0.4, -0.2) is 30.4 Å². The highest BCUT2D eigenvalue weighted by Gasteiger charge is 2.25. The number of nitriles is 1. The maximum Gasteiger partial charge on any atom is 0.339 e. The van der Waals surface area contributed by atoms with E-state index in [1.54, 1.807) is 12.3 Å². The van der Waals surface area contributed by atoms with Gasteiger partial charge in [0.15, 0.2) is 5.92 Å². The summed E-state index contributed by atoms with van der Waals surface area (Å²) in [6.07, 6.45) is 1.58. The van der Waals surface area contributed by atoms with Crippen molar-refractivity contribution in [2.75, 3.05) is 13.4 Å². The van der Waals surface area contributed by atoms with Gasteiger partial charge in [0.25, 0.3) is 0 Å². The summed E-state index contributed by atoms with van der Waals surface area (Å²) in [5, 5.41) is 8.68. The predicted molar refractivity (Wildman–Crippen MR) is 51.7 cm³/mol. The molecule has 14 heavy (non-hydrogen) atoms. The number of hydrogen-bond acceptors (Lipinski definition) is 5. The molecule has 76 valence electrons. The van der Waals surface area contributed by atoms with Crippen LogP contribution in [0.5, 0.6) is 0 Å². The molecule has 2 N–H and O–H groups in total. The van der Waals surface area contributed by atoms with E-state index in [4.69, 9.17) is 11.0 Å². The molecule has 1 atom stereocenters. The Morgan fingerprint density at radius 3 is 2.50 bits per heavy atom. The number of amides is 2. The molecule has 0 saturated heterocycles. The molecule has 0 spiro atoms. The number of rotatable bonds is 2. The molecule has 0 aromatic carbocycles. The minimum Gasteiger partial charge on any atom is -0.468 e. The summed E-state index contributed by atoms with van der Waals surface area (Å²) in [6, 6.07) is 0.729. The summed E-state index contributed by atoms with van der Waals surface area (Å²) in [5.74, 6) is -1.95. The van der Waals surface area contributed by atoms with Gasteiger partial charge >= 0.3 is 12.0 Å². The third kappa shape index (κ3) is 3.45. The molecule has 0 aromatic rings. The van der Waals surface area contributed by atoms with Gasteiger partial charge in [-0.05, 0) is 6.26 Å². The quantitative estimate of drug-likeness (QED) is 0.400. The average Bonchev–Trinajstić information content (AvgIpc) is 2.16. The van der Waals surface area contributed by atoms with Gasteiger partial charge in [-0.25, -0.2) is 4.79 Å². The number of nitrogens with zero attached hydrogens (tertiary/aromatic N) is 2. The number of aliphatic imine (C=N–C) groups is 1. The average molecular weight is 215 g/mol. The summed E-state index contributed by atoms with van der Waals surface area (Å²) in [5.41, 5.74) is 4.80. The first-order valence-electron chi connectivity index (χ1n) is 3.46. The highest BCUT2D eigenvalue weighted by Crippen LogP contribution is 2.11. The Labute approximate surface area is 85.1 Å². The fourth-order valence-corrected chi connectivity index (χ4v) is 1.23. The molecule has 0 bridgehead atoms. The van der Waals surface area contributed by atoms with E-state index in [-0.39, 0.29) is 5.04 Å². The van der Waals surface area contributed by atoms with Crippen molar-refractivity contribution in [1.82, 2.24) is 0 Å². The second kappa shape index (κ2) is 5.99. The first-order chi connectivity index (χ1) is 6.56. The zero-order chi connectivity index (χ0) is 11.1. The maximum atomic E-state index is 11.0. The zero-order valence-electron chi connectivity index (χ0n) is 7.68. The summed E-state index contributed by atoms with van der Waals surface area (Å²) >= 11 is 1.00. The lowest BCUT2D eigenvalue weighted by Gasteiger charge is -2.06. The van der Waals surface area contributed by atoms with Gasteiger partial charge in [-0.2, -0.15) is 10.3 Å². The SMILES string of the molecule is COC(=O)C(C#N)C(=NC(N)=O)SC. The number of urea groups is 1. The predicted octanol–water partition coefficient (Wildman–Crippen LogP) is 0.139. The molecule has 0 aromatic heterocycles. The van der Waals surface area contributed by atoms with Crippen LogP contribution in [0.3, 0.4) is 0 Å². The van der Waals surface area contributed by atoms with E-state index in [2.05, 4.69) is 9.73 Å². The molecule has 0 fully saturated rings. The van der Waals surface area contributed by atoms with Crippen molar-refractivity contribution < 1.29 is 14.3 Å². The van der Waals surface area contributed by atoms with Crippen LogP contribution >= 0.6 is 11.8 Å². The van der Waals surface area contributed by atoms with Crippen LogP contribution in [0.1, 0.15) is 0 Å². The largest absolute Gasteiger partial charge is 0.468 e. The summed E-state index contributed by atoms with van der Waals surface area (Å²) in [4.78, 5) is 24.8. The smallest absolute Gasteiger partial charge is 0.339 e. The lowest BCUT2D eigenvalue weighted by molar-refractivity contribution is -0.141. The lowest BCUT2D eigenvalue weighted by Crippen LogP contribution is -2.23. The molecule has 7 heteroatoms. The Kier molecular flexibility index (Phi) is 5.33. The molecule has 0 aliphatic carbocycles. The minimum atomic E-state index is -1.19. The van der Waals surface area contributed by atoms with Gasteiger partial charge in [0.05, 0.1) is 13.2 Å². The normalized spacial score (nSPS) is 12.8. The first kappa shape index (κ1) is 12.4. The number of ether oxygens (including phenoxy) is 1. The summed E-state index contributed by atoms with van der Waals surface area (Å²) < 4.78 is 4.36. The van der Waals surface area contributed by atoms with Crippen LogP contribution < -0.4 is 5.73 Å². The number of carbonyl (C=O) groups excluding carboxylic acids is 2. The number of methoxy groups -OCH3 is 1. The van der Waals surface area contributed by atoms with Crippen LogP contribution in [0.4, 0.5) is 4.79 Å². The number of primary amides is 1. The molecule has 0 aliphatic rings. The Morgan fingerprint density at radius 2 is 2.21 bits per heavy atom. The number of hydrogen-bond donors (Lipinski definition) is 1. The van der Waals surface area contributed by atoms with Gasteiger partial charge in [-0.15, -0.1) is 11.8 Å². The van der Waals surface area contributed by atoms with Crippen LogP contribution in [-0.2, 0) is 9.53 Å². The number of esters is 1. The highest BCUT2D eigenvalue weighted by molar-refractivity contribution is 8.13. The molecule has 0 heterocycles. The first-order valence-corrected chi connectivity index (χ1v) is 4.68. The second-order valence-electron chi connectivity index (χ2n) is 2.08. The van der Waals surface area contributed by atoms with E-state index in [0.29, 0.717) is 0 Å². The second-order valence-corrected chi connectivity index (χ2v) is 2.90. The fourth-order valence-electron chi connectivity index (χ4n) is 0.663. The van der Waals surface area contributed by atoms with E-state index in [0.717, 1.165) is 18.9 Å². The van der Waals surface area contributed by atoms with Crippen molar-refractivity contribution in [2.24, 2.45) is 16.6 Å². The van der Waals surface area contributed by atoms with Crippen molar-refractivity contribution >= 4 is 28.8 Å². The van der Waals surface area contributed by atoms with Crippen LogP contribution in [0.25, 0.3) is 0 Å². The standard InChI is InChI=1S/C7H9N3O3S/c1-13-6(11)4(3-8)5(14-2)10-7(9)12/h4H,1-2H3,(H2,9,12). The van der Waals surface area contributed by atoms with Gasteiger partial charge < -0.3 is 10.5 Å². The van der Waals surface area contributed by atoms with Crippen molar-refractivity contribution in [3.8, 4) is 6.07 Å². The molecule has 0 aliphatic heterocycles. The van der Waals surface area contributed by atoms with E-state index in [1.165, 1.54) is 0 Å². The molecular formula is C7H9N3O3S. The van der Waals surface area contributed by atoms with Crippen molar-refractivity contribution in [3.63, 3.8) is 0 Å². The van der Waals surface area contributed by atoms with Crippen LogP contribution in [0.2, 0.25) is 0 Å². The summed E-state index contributed by atoms with van der Waals surface area (Å²) in [6.45, 7) is 0. The summed E-state index contributed by atoms with van der Waals surface area (Å²) in [7, 11) is 1.15. The molecular weight excluding hydrogens is 206 g/mol.